The van der Waals surface area contributed by atoms with E-state index in [0.717, 1.165) is 29.5 Å². The predicted molar refractivity (Wildman–Crippen MR) is 92.2 cm³/mol. The van der Waals surface area contributed by atoms with Gasteiger partial charge < -0.3 is 10.2 Å². The number of aromatic nitrogens is 4. The molecular weight excluding hydrogens is 361 g/mol. The minimum absolute atomic E-state index is 0.0448. The maximum absolute atomic E-state index is 12.9. The van der Waals surface area contributed by atoms with Gasteiger partial charge in [-0.1, -0.05) is 0 Å². The Balaban J connectivity index is 1.77. The Morgan fingerprint density at radius 3 is 2.70 bits per heavy atom. The first kappa shape index (κ1) is 19.5. The van der Waals surface area contributed by atoms with Crippen molar-refractivity contribution in [1.29, 1.82) is 0 Å². The van der Waals surface area contributed by atoms with Gasteiger partial charge in [-0.2, -0.15) is 18.2 Å². The number of hydrogen-bond acceptors (Lipinski definition) is 5. The molecular formula is C17H23F3N6O. The molecule has 2 aromatic heterocycles. The van der Waals surface area contributed by atoms with Gasteiger partial charge in [-0.05, 0) is 45.7 Å². The number of fused-ring (bicyclic) bond motifs is 1. The zero-order valence-electron chi connectivity index (χ0n) is 15.6. The number of carbonyl (C=O) groups is 1. The number of carbonyl (C=O) groups excluding carboxylic acids is 1. The number of nitrogens with zero attached hydrogens (tertiary/aromatic N) is 5. The van der Waals surface area contributed by atoms with Crippen molar-refractivity contribution >= 4 is 11.7 Å². The van der Waals surface area contributed by atoms with E-state index in [1.807, 2.05) is 11.9 Å². The van der Waals surface area contributed by atoms with E-state index in [9.17, 15) is 18.0 Å². The van der Waals surface area contributed by atoms with Crippen LogP contribution >= 0.6 is 0 Å². The number of nitrogens with one attached hydrogen (secondary N) is 1. The summed E-state index contributed by atoms with van der Waals surface area (Å²) in [6.07, 6.45) is -1.93. The van der Waals surface area contributed by atoms with E-state index in [-0.39, 0.29) is 18.1 Å². The van der Waals surface area contributed by atoms with Crippen molar-refractivity contribution in [3.8, 4) is 0 Å². The number of likely N-dealkylation sites (tertiary alicyclic amines) is 1. The van der Waals surface area contributed by atoms with Crippen LogP contribution in [0.1, 0.15) is 42.0 Å². The summed E-state index contributed by atoms with van der Waals surface area (Å²) in [4.78, 5) is 22.0. The van der Waals surface area contributed by atoms with Crippen molar-refractivity contribution < 1.29 is 18.0 Å². The zero-order valence-corrected chi connectivity index (χ0v) is 15.6. The molecule has 10 heteroatoms. The first-order valence-electron chi connectivity index (χ1n) is 8.95. The van der Waals surface area contributed by atoms with E-state index < -0.39 is 12.0 Å². The second-order valence-corrected chi connectivity index (χ2v) is 6.87. The zero-order chi connectivity index (χ0) is 19.8. The molecule has 7 nitrogen and oxygen atoms in total. The van der Waals surface area contributed by atoms with Gasteiger partial charge in [0.2, 0.25) is 5.91 Å². The first-order valence-corrected chi connectivity index (χ1v) is 8.95. The SMILES string of the molecule is CNC1CCCN(C(=O)CCc2c(C)nc3nc(C(F)(F)F)nn3c2C)C1. The summed E-state index contributed by atoms with van der Waals surface area (Å²) in [5, 5.41) is 6.74. The van der Waals surface area contributed by atoms with Gasteiger partial charge in [0.05, 0.1) is 0 Å². The molecule has 0 spiro atoms. The van der Waals surface area contributed by atoms with E-state index in [2.05, 4.69) is 20.4 Å². The second-order valence-electron chi connectivity index (χ2n) is 6.87. The number of aryl methyl sites for hydroxylation is 2. The number of rotatable bonds is 4. The lowest BCUT2D eigenvalue weighted by molar-refractivity contribution is -0.144. The van der Waals surface area contributed by atoms with Gasteiger partial charge in [-0.15, -0.1) is 5.10 Å². The van der Waals surface area contributed by atoms with Crippen LogP contribution in [0, 0.1) is 13.8 Å². The highest BCUT2D eigenvalue weighted by Crippen LogP contribution is 2.27. The normalized spacial score (nSPS) is 18.3. The number of hydrogen-bond donors (Lipinski definition) is 1. The molecule has 148 valence electrons. The third-order valence-corrected chi connectivity index (χ3v) is 5.07. The smallest absolute Gasteiger partial charge is 0.341 e. The van der Waals surface area contributed by atoms with Crippen molar-refractivity contribution in [3.63, 3.8) is 0 Å². The lowest BCUT2D eigenvalue weighted by atomic mass is 10.0. The van der Waals surface area contributed by atoms with Crippen LogP contribution < -0.4 is 5.32 Å². The molecule has 1 unspecified atom stereocenters. The molecule has 1 fully saturated rings. The van der Waals surface area contributed by atoms with Crippen LogP contribution in [0.5, 0.6) is 0 Å². The molecule has 0 aliphatic carbocycles. The van der Waals surface area contributed by atoms with Crippen molar-refractivity contribution in [3.05, 3.63) is 22.8 Å². The number of likely N-dealkylation sites (N-methyl/N-ethyl adjacent to an activating group) is 1. The fraction of sp³-hybridized carbons (Fsp3) is 0.647. The monoisotopic (exact) mass is 384 g/mol. The average molecular weight is 384 g/mol. The van der Waals surface area contributed by atoms with Crippen LogP contribution in [-0.4, -0.2) is 56.6 Å². The van der Waals surface area contributed by atoms with Crippen LogP contribution in [0.4, 0.5) is 13.2 Å². The summed E-state index contributed by atoms with van der Waals surface area (Å²) in [7, 11) is 1.89. The molecule has 0 saturated carbocycles. The molecule has 3 rings (SSSR count). The maximum Gasteiger partial charge on any atom is 0.453 e. The summed E-state index contributed by atoms with van der Waals surface area (Å²) in [5.74, 6) is -1.25. The van der Waals surface area contributed by atoms with Crippen LogP contribution in [0.15, 0.2) is 0 Å². The van der Waals surface area contributed by atoms with Gasteiger partial charge >= 0.3 is 6.18 Å². The standard InChI is InChI=1S/C17H23F3N6O/c1-10-13(6-7-14(27)25-8-4-5-12(9-25)21-3)11(2)26-16(22-10)23-15(24-26)17(18,19)20/h12,21H,4-9H2,1-3H3. The van der Waals surface area contributed by atoms with Crippen LogP contribution in [0.3, 0.4) is 0 Å². The number of halogens is 3. The van der Waals surface area contributed by atoms with E-state index in [4.69, 9.17) is 0 Å². The van der Waals surface area contributed by atoms with Gasteiger partial charge in [-0.3, -0.25) is 4.79 Å². The Bertz CT molecular complexity index is 847. The lowest BCUT2D eigenvalue weighted by Crippen LogP contribution is -2.47. The second kappa shape index (κ2) is 7.41. The van der Waals surface area contributed by atoms with E-state index >= 15 is 0 Å². The van der Waals surface area contributed by atoms with Gasteiger partial charge in [-0.25, -0.2) is 9.50 Å². The Kier molecular flexibility index (Phi) is 5.36. The summed E-state index contributed by atoms with van der Waals surface area (Å²) in [5.41, 5.74) is 1.83. The van der Waals surface area contributed by atoms with Gasteiger partial charge in [0.25, 0.3) is 11.6 Å². The Morgan fingerprint density at radius 2 is 2.04 bits per heavy atom. The first-order chi connectivity index (χ1) is 12.7. The summed E-state index contributed by atoms with van der Waals surface area (Å²) in [6.45, 7) is 4.81. The molecule has 0 bridgehead atoms. The molecule has 3 heterocycles. The molecule has 1 atom stereocenters. The van der Waals surface area contributed by atoms with Crippen molar-refractivity contribution in [1.82, 2.24) is 29.8 Å². The Labute approximate surface area is 155 Å². The maximum atomic E-state index is 12.9. The summed E-state index contributed by atoms with van der Waals surface area (Å²) in [6, 6.07) is 0.306. The van der Waals surface area contributed by atoms with Gasteiger partial charge in [0.1, 0.15) is 0 Å². The highest BCUT2D eigenvalue weighted by molar-refractivity contribution is 5.76. The highest BCUT2D eigenvalue weighted by Gasteiger charge is 2.37. The number of alkyl halides is 3. The van der Waals surface area contributed by atoms with Crippen molar-refractivity contribution in [2.45, 2.75) is 51.7 Å². The molecule has 1 aliphatic heterocycles. The molecule has 0 radical (unpaired) electrons. The van der Waals surface area contributed by atoms with Gasteiger partial charge in [0.15, 0.2) is 0 Å². The Hall–Kier alpha value is -2.23. The summed E-state index contributed by atoms with van der Waals surface area (Å²) >= 11 is 0. The molecule has 27 heavy (non-hydrogen) atoms. The lowest BCUT2D eigenvalue weighted by Gasteiger charge is -2.32. The summed E-state index contributed by atoms with van der Waals surface area (Å²) < 4.78 is 39.7. The fourth-order valence-electron chi connectivity index (χ4n) is 3.52. The van der Waals surface area contributed by atoms with Crippen LogP contribution in [0.2, 0.25) is 0 Å². The molecule has 1 amide bonds. The van der Waals surface area contributed by atoms with E-state index in [1.54, 1.807) is 13.8 Å². The molecule has 1 N–H and O–H groups in total. The van der Waals surface area contributed by atoms with Crippen LogP contribution in [0.25, 0.3) is 5.78 Å². The molecule has 0 aromatic carbocycles. The third-order valence-electron chi connectivity index (χ3n) is 5.07. The highest BCUT2D eigenvalue weighted by atomic mass is 19.4. The molecule has 1 aliphatic rings. The predicted octanol–water partition coefficient (Wildman–Crippen LogP) is 1.90. The van der Waals surface area contributed by atoms with E-state index in [1.165, 1.54) is 0 Å². The van der Waals surface area contributed by atoms with Gasteiger partial charge in [0, 0.05) is 36.9 Å². The number of piperidine rings is 1. The largest absolute Gasteiger partial charge is 0.453 e. The molecule has 1 saturated heterocycles. The minimum Gasteiger partial charge on any atom is -0.341 e. The minimum atomic E-state index is -4.62. The Morgan fingerprint density at radius 1 is 1.30 bits per heavy atom. The quantitative estimate of drug-likeness (QED) is 0.872. The third kappa shape index (κ3) is 4.05. The number of amides is 1. The molecule has 2 aromatic rings. The van der Waals surface area contributed by atoms with Crippen LogP contribution in [-0.2, 0) is 17.4 Å². The van der Waals surface area contributed by atoms with Crippen molar-refractivity contribution in [2.24, 2.45) is 0 Å². The topological polar surface area (TPSA) is 75.4 Å². The van der Waals surface area contributed by atoms with E-state index in [0.29, 0.717) is 30.4 Å². The van der Waals surface area contributed by atoms with Crippen molar-refractivity contribution in [2.75, 3.05) is 20.1 Å². The average Bonchev–Trinajstić information content (AvgIpc) is 3.06. The fourth-order valence-corrected chi connectivity index (χ4v) is 3.52.